The molecule has 1 aliphatic rings. The fraction of sp³-hybridized carbons (Fsp3) is 0.370. The van der Waals surface area contributed by atoms with Crippen molar-refractivity contribution in [2.75, 3.05) is 48.9 Å². The van der Waals surface area contributed by atoms with Crippen LogP contribution in [0.5, 0.6) is 0 Å². The SMILES string of the molecule is CCCNC(=O)CN1CCN(c2cc(C(=O)O)c3cc(NS(=O)(=O)c4ccc(C)cc4C)ccc3n2)CC1. The summed E-state index contributed by atoms with van der Waals surface area (Å²) in [5.74, 6) is -0.589. The molecule has 2 aromatic carbocycles. The lowest BCUT2D eigenvalue weighted by molar-refractivity contribution is -0.122. The summed E-state index contributed by atoms with van der Waals surface area (Å²) in [4.78, 5) is 33.1. The maximum Gasteiger partial charge on any atom is 0.336 e. The van der Waals surface area contributed by atoms with Gasteiger partial charge in [0.2, 0.25) is 5.91 Å². The molecule has 0 aliphatic carbocycles. The number of pyridine rings is 1. The molecule has 1 aromatic heterocycles. The number of aryl methyl sites for hydroxylation is 2. The number of piperazine rings is 1. The van der Waals surface area contributed by atoms with Crippen molar-refractivity contribution in [2.24, 2.45) is 0 Å². The molecule has 0 saturated carbocycles. The Bertz CT molecular complexity index is 1470. The van der Waals surface area contributed by atoms with Gasteiger partial charge in [0.1, 0.15) is 5.82 Å². The monoisotopic (exact) mass is 539 g/mol. The Kier molecular flexibility index (Phi) is 8.17. The van der Waals surface area contributed by atoms with Crippen LogP contribution in [0.15, 0.2) is 47.4 Å². The first-order valence-corrected chi connectivity index (χ1v) is 14.1. The number of carboxylic acids is 1. The van der Waals surface area contributed by atoms with Crippen LogP contribution in [0.4, 0.5) is 11.5 Å². The van der Waals surface area contributed by atoms with Gasteiger partial charge in [0, 0.05) is 43.8 Å². The Labute approximate surface area is 222 Å². The molecular formula is C27H33N5O5S. The van der Waals surface area contributed by atoms with Crippen LogP contribution >= 0.6 is 0 Å². The minimum atomic E-state index is -3.87. The summed E-state index contributed by atoms with van der Waals surface area (Å²) >= 11 is 0. The van der Waals surface area contributed by atoms with Gasteiger partial charge in [0.15, 0.2) is 0 Å². The summed E-state index contributed by atoms with van der Waals surface area (Å²) in [6, 6.07) is 11.3. The molecule has 1 fully saturated rings. The smallest absolute Gasteiger partial charge is 0.336 e. The zero-order valence-corrected chi connectivity index (χ0v) is 22.6. The first kappa shape index (κ1) is 27.3. The van der Waals surface area contributed by atoms with Gasteiger partial charge in [0.25, 0.3) is 10.0 Å². The Morgan fingerprint density at radius 2 is 1.76 bits per heavy atom. The Balaban J connectivity index is 1.55. The number of nitrogens with zero attached hydrogens (tertiary/aromatic N) is 3. The van der Waals surface area contributed by atoms with Crippen molar-refractivity contribution < 1.29 is 23.1 Å². The van der Waals surface area contributed by atoms with Crippen LogP contribution in [0.1, 0.15) is 34.8 Å². The van der Waals surface area contributed by atoms with E-state index in [1.165, 1.54) is 12.1 Å². The number of amides is 1. The van der Waals surface area contributed by atoms with Gasteiger partial charge in [-0.15, -0.1) is 0 Å². The topological polar surface area (TPSA) is 132 Å². The van der Waals surface area contributed by atoms with Crippen LogP contribution in [-0.2, 0) is 14.8 Å². The highest BCUT2D eigenvalue weighted by Crippen LogP contribution is 2.28. The summed E-state index contributed by atoms with van der Waals surface area (Å²) in [5, 5.41) is 13.2. The maximum atomic E-state index is 13.0. The Hall–Kier alpha value is -3.70. The van der Waals surface area contributed by atoms with E-state index in [9.17, 15) is 23.1 Å². The fourth-order valence-corrected chi connectivity index (χ4v) is 5.86. The standard InChI is InChI=1S/C27H33N5O5S/c1-4-9-28-26(33)17-31-10-12-32(13-11-31)25-16-22(27(34)35)21-15-20(6-7-23(21)29-25)30-38(36,37)24-8-5-18(2)14-19(24)3/h5-8,14-16,30H,4,9-13,17H2,1-3H3,(H,28,33)(H,34,35). The molecule has 0 radical (unpaired) electrons. The maximum absolute atomic E-state index is 13.0. The first-order chi connectivity index (χ1) is 18.1. The molecule has 0 bridgehead atoms. The lowest BCUT2D eigenvalue weighted by Gasteiger charge is -2.35. The van der Waals surface area contributed by atoms with Gasteiger partial charge in [0.05, 0.1) is 22.5 Å². The average Bonchev–Trinajstić information content (AvgIpc) is 2.86. The number of nitrogens with one attached hydrogen (secondary N) is 2. The van der Waals surface area contributed by atoms with Gasteiger partial charge in [-0.3, -0.25) is 14.4 Å². The van der Waals surface area contributed by atoms with E-state index in [0.29, 0.717) is 61.6 Å². The van der Waals surface area contributed by atoms with Gasteiger partial charge in [-0.05, 0) is 56.2 Å². The molecule has 1 aliphatic heterocycles. The first-order valence-electron chi connectivity index (χ1n) is 12.6. The predicted octanol–water partition coefficient (Wildman–Crippen LogP) is 3.00. The number of sulfonamides is 1. The van der Waals surface area contributed by atoms with E-state index in [4.69, 9.17) is 0 Å². The minimum absolute atomic E-state index is 0.00117. The number of anilines is 2. The average molecular weight is 540 g/mol. The zero-order valence-electron chi connectivity index (χ0n) is 21.8. The van der Waals surface area contributed by atoms with E-state index in [-0.39, 0.29) is 22.1 Å². The van der Waals surface area contributed by atoms with Crippen LogP contribution in [-0.4, -0.2) is 74.6 Å². The normalized spacial score (nSPS) is 14.4. The number of aromatic nitrogens is 1. The number of aromatic carboxylic acids is 1. The van der Waals surface area contributed by atoms with Gasteiger partial charge in [-0.25, -0.2) is 18.2 Å². The van der Waals surface area contributed by atoms with Crippen molar-refractivity contribution >= 4 is 44.3 Å². The van der Waals surface area contributed by atoms with E-state index in [0.717, 1.165) is 12.0 Å². The molecule has 202 valence electrons. The second kappa shape index (κ2) is 11.4. The van der Waals surface area contributed by atoms with Crippen LogP contribution in [0.2, 0.25) is 0 Å². The van der Waals surface area contributed by atoms with Gasteiger partial charge in [-0.1, -0.05) is 24.6 Å². The molecule has 0 unspecified atom stereocenters. The van der Waals surface area contributed by atoms with E-state index >= 15 is 0 Å². The van der Waals surface area contributed by atoms with Crippen LogP contribution < -0.4 is 14.9 Å². The van der Waals surface area contributed by atoms with Crippen molar-refractivity contribution in [1.29, 1.82) is 0 Å². The third-order valence-electron chi connectivity index (χ3n) is 6.53. The molecule has 1 saturated heterocycles. The molecule has 2 heterocycles. The fourth-order valence-electron chi connectivity index (χ4n) is 4.58. The highest BCUT2D eigenvalue weighted by Gasteiger charge is 2.23. The summed E-state index contributed by atoms with van der Waals surface area (Å²) in [7, 11) is -3.87. The molecule has 3 N–H and O–H groups in total. The summed E-state index contributed by atoms with van der Waals surface area (Å²) in [6.45, 7) is 9.14. The van der Waals surface area contributed by atoms with Gasteiger partial charge >= 0.3 is 5.97 Å². The largest absolute Gasteiger partial charge is 0.478 e. The zero-order chi connectivity index (χ0) is 27.4. The van der Waals surface area contributed by atoms with Crippen molar-refractivity contribution in [1.82, 2.24) is 15.2 Å². The molecule has 10 nitrogen and oxygen atoms in total. The highest BCUT2D eigenvalue weighted by molar-refractivity contribution is 7.92. The van der Waals surface area contributed by atoms with Crippen LogP contribution in [0.3, 0.4) is 0 Å². The van der Waals surface area contributed by atoms with Crippen molar-refractivity contribution in [3.8, 4) is 0 Å². The third kappa shape index (κ3) is 6.22. The van der Waals surface area contributed by atoms with E-state index in [1.54, 1.807) is 37.3 Å². The van der Waals surface area contributed by atoms with Crippen molar-refractivity contribution in [3.05, 3.63) is 59.2 Å². The van der Waals surface area contributed by atoms with Gasteiger partial charge in [-0.2, -0.15) is 0 Å². The summed E-state index contributed by atoms with van der Waals surface area (Å²) in [6.07, 6.45) is 0.888. The predicted molar refractivity (Wildman–Crippen MR) is 147 cm³/mol. The Morgan fingerprint density at radius 1 is 1.03 bits per heavy atom. The summed E-state index contributed by atoms with van der Waals surface area (Å²) < 4.78 is 28.6. The lowest BCUT2D eigenvalue weighted by atomic mass is 10.1. The van der Waals surface area contributed by atoms with Gasteiger partial charge < -0.3 is 15.3 Å². The Morgan fingerprint density at radius 3 is 2.42 bits per heavy atom. The molecular weight excluding hydrogens is 506 g/mol. The van der Waals surface area contributed by atoms with E-state index < -0.39 is 16.0 Å². The number of carbonyl (C=O) groups is 2. The molecule has 38 heavy (non-hydrogen) atoms. The number of hydrogen-bond donors (Lipinski definition) is 3. The van der Waals surface area contributed by atoms with Crippen LogP contribution in [0.25, 0.3) is 10.9 Å². The second-order valence-corrected chi connectivity index (χ2v) is 11.2. The molecule has 1 amide bonds. The molecule has 4 rings (SSSR count). The molecule has 3 aromatic rings. The van der Waals surface area contributed by atoms with Crippen molar-refractivity contribution in [3.63, 3.8) is 0 Å². The van der Waals surface area contributed by atoms with E-state index in [2.05, 4.69) is 19.9 Å². The highest BCUT2D eigenvalue weighted by atomic mass is 32.2. The quantitative estimate of drug-likeness (QED) is 0.378. The lowest BCUT2D eigenvalue weighted by Crippen LogP contribution is -2.49. The third-order valence-corrected chi connectivity index (χ3v) is 8.07. The van der Waals surface area contributed by atoms with E-state index in [1.807, 2.05) is 18.7 Å². The number of benzene rings is 2. The molecule has 11 heteroatoms. The molecule has 0 spiro atoms. The summed E-state index contributed by atoms with van der Waals surface area (Å²) in [5.41, 5.74) is 2.33. The number of rotatable bonds is 9. The minimum Gasteiger partial charge on any atom is -0.478 e. The number of fused-ring (bicyclic) bond motifs is 1. The van der Waals surface area contributed by atoms with Crippen molar-refractivity contribution in [2.45, 2.75) is 32.1 Å². The number of carboxylic acid groups (broad SMARTS) is 1. The second-order valence-electron chi connectivity index (χ2n) is 9.55. The number of hydrogen-bond acceptors (Lipinski definition) is 7. The van der Waals surface area contributed by atoms with Crippen LogP contribution in [0, 0.1) is 13.8 Å². The number of carbonyl (C=O) groups excluding carboxylic acids is 1. The molecule has 0 atom stereocenters.